The van der Waals surface area contributed by atoms with E-state index in [1.165, 1.54) is 5.56 Å². The van der Waals surface area contributed by atoms with E-state index < -0.39 is 0 Å². The molecule has 2 unspecified atom stereocenters. The maximum absolute atomic E-state index is 5.32. The minimum atomic E-state index is 0.355. The molecule has 3 heterocycles. The number of H-pyrrole nitrogens is 1. The van der Waals surface area contributed by atoms with Crippen molar-refractivity contribution in [3.63, 3.8) is 0 Å². The van der Waals surface area contributed by atoms with Crippen LogP contribution in [0.2, 0.25) is 0 Å². The van der Waals surface area contributed by atoms with Gasteiger partial charge in [-0.3, -0.25) is 15.0 Å². The predicted molar refractivity (Wildman–Crippen MR) is 112 cm³/mol. The van der Waals surface area contributed by atoms with E-state index in [9.17, 15) is 0 Å². The number of hydrogen-bond acceptors (Lipinski definition) is 5. The van der Waals surface area contributed by atoms with E-state index in [0.717, 1.165) is 31.3 Å². The van der Waals surface area contributed by atoms with Crippen molar-refractivity contribution < 1.29 is 4.42 Å². The lowest BCUT2D eigenvalue weighted by Gasteiger charge is -2.21. The van der Waals surface area contributed by atoms with Gasteiger partial charge in [0.25, 0.3) is 0 Å². The lowest BCUT2D eigenvalue weighted by molar-refractivity contribution is 0.258. The van der Waals surface area contributed by atoms with Crippen LogP contribution in [-0.4, -0.2) is 51.7 Å². The number of guanidine groups is 1. The Kier molecular flexibility index (Phi) is 5.90. The highest BCUT2D eigenvalue weighted by molar-refractivity contribution is 5.79. The van der Waals surface area contributed by atoms with Crippen molar-refractivity contribution in [1.29, 1.82) is 0 Å². The van der Waals surface area contributed by atoms with Crippen LogP contribution < -0.4 is 10.6 Å². The van der Waals surface area contributed by atoms with Gasteiger partial charge in [0.1, 0.15) is 5.82 Å². The Hall–Kier alpha value is -3.13. The van der Waals surface area contributed by atoms with Gasteiger partial charge in [0.2, 0.25) is 5.82 Å². The summed E-state index contributed by atoms with van der Waals surface area (Å²) >= 11 is 0. The largest absolute Gasteiger partial charge is 0.461 e. The highest BCUT2D eigenvalue weighted by Crippen LogP contribution is 2.20. The summed E-state index contributed by atoms with van der Waals surface area (Å²) in [4.78, 5) is 11.3. The van der Waals surface area contributed by atoms with Gasteiger partial charge >= 0.3 is 0 Å². The Bertz CT molecular complexity index is 920. The van der Waals surface area contributed by atoms with Crippen LogP contribution in [0.15, 0.2) is 58.1 Å². The normalized spacial score (nSPS) is 20.1. The highest BCUT2D eigenvalue weighted by atomic mass is 16.3. The molecular formula is C21H27N7O. The van der Waals surface area contributed by atoms with Gasteiger partial charge in [0.15, 0.2) is 11.7 Å². The number of aromatic amines is 1. The third kappa shape index (κ3) is 4.83. The second-order valence-corrected chi connectivity index (χ2v) is 7.35. The molecule has 0 spiro atoms. The molecule has 3 aromatic rings. The molecule has 4 rings (SSSR count). The number of nitrogens with zero attached hydrogens (tertiary/aromatic N) is 4. The van der Waals surface area contributed by atoms with E-state index in [1.807, 2.05) is 12.1 Å². The van der Waals surface area contributed by atoms with Gasteiger partial charge in [0.05, 0.1) is 12.8 Å². The summed E-state index contributed by atoms with van der Waals surface area (Å²) in [6, 6.07) is 15.1. The first kappa shape index (κ1) is 19.2. The third-order valence-electron chi connectivity index (χ3n) is 5.19. The highest BCUT2D eigenvalue weighted by Gasteiger charge is 2.29. The number of benzene rings is 1. The summed E-state index contributed by atoms with van der Waals surface area (Å²) in [5, 5.41) is 14.0. The van der Waals surface area contributed by atoms with Gasteiger partial charge in [0, 0.05) is 32.2 Å². The Morgan fingerprint density at radius 3 is 2.90 bits per heavy atom. The van der Waals surface area contributed by atoms with E-state index in [-0.39, 0.29) is 0 Å². The van der Waals surface area contributed by atoms with Crippen LogP contribution in [-0.2, 0) is 13.1 Å². The molecule has 29 heavy (non-hydrogen) atoms. The Labute approximate surface area is 170 Å². The summed E-state index contributed by atoms with van der Waals surface area (Å²) < 4.78 is 5.32. The molecule has 0 aliphatic carbocycles. The molecule has 0 bridgehead atoms. The first-order chi connectivity index (χ1) is 14.2. The van der Waals surface area contributed by atoms with Crippen LogP contribution in [0.1, 0.15) is 24.7 Å². The molecule has 1 aliphatic rings. The van der Waals surface area contributed by atoms with Crippen molar-refractivity contribution in [3.8, 4) is 11.6 Å². The molecule has 152 valence electrons. The summed E-state index contributed by atoms with van der Waals surface area (Å²) in [6.45, 7) is 4.75. The monoisotopic (exact) mass is 393 g/mol. The maximum Gasteiger partial charge on any atom is 0.216 e. The summed E-state index contributed by atoms with van der Waals surface area (Å²) in [7, 11) is 1.78. The Morgan fingerprint density at radius 1 is 1.28 bits per heavy atom. The minimum Gasteiger partial charge on any atom is -0.461 e. The van der Waals surface area contributed by atoms with Crippen molar-refractivity contribution in [2.45, 2.75) is 38.5 Å². The van der Waals surface area contributed by atoms with Gasteiger partial charge in [-0.15, -0.1) is 5.10 Å². The van der Waals surface area contributed by atoms with Crippen LogP contribution in [0.25, 0.3) is 11.6 Å². The Balaban J connectivity index is 1.28. The minimum absolute atomic E-state index is 0.355. The van der Waals surface area contributed by atoms with E-state index in [0.29, 0.717) is 30.2 Å². The topological polar surface area (TPSA) is 94.4 Å². The zero-order chi connectivity index (χ0) is 20.1. The molecule has 1 saturated heterocycles. The lowest BCUT2D eigenvalue weighted by atomic mass is 10.2. The second-order valence-electron chi connectivity index (χ2n) is 7.35. The number of furan rings is 1. The number of nitrogens with one attached hydrogen (secondary N) is 3. The van der Waals surface area contributed by atoms with Crippen molar-refractivity contribution in [3.05, 3.63) is 60.1 Å². The van der Waals surface area contributed by atoms with Crippen LogP contribution in [0.4, 0.5) is 0 Å². The first-order valence-electron chi connectivity index (χ1n) is 9.91. The molecular weight excluding hydrogens is 366 g/mol. The van der Waals surface area contributed by atoms with Crippen LogP contribution >= 0.6 is 0 Å². The third-order valence-corrected chi connectivity index (χ3v) is 5.19. The average molecular weight is 393 g/mol. The molecule has 0 radical (unpaired) electrons. The summed E-state index contributed by atoms with van der Waals surface area (Å²) in [5.74, 6) is 2.69. The Morgan fingerprint density at radius 2 is 2.14 bits per heavy atom. The fraction of sp³-hybridized carbons (Fsp3) is 0.381. The quantitative estimate of drug-likeness (QED) is 0.440. The van der Waals surface area contributed by atoms with Crippen molar-refractivity contribution in [2.75, 3.05) is 13.6 Å². The number of hydrogen-bond donors (Lipinski definition) is 3. The molecule has 0 amide bonds. The SMILES string of the molecule is CN=C(NCc1nc(-c2ccco2)n[nH]1)NC1CC(C)N(Cc2ccccc2)C1. The van der Waals surface area contributed by atoms with E-state index >= 15 is 0 Å². The zero-order valence-electron chi connectivity index (χ0n) is 16.8. The van der Waals surface area contributed by atoms with E-state index in [4.69, 9.17) is 4.42 Å². The van der Waals surface area contributed by atoms with Crippen molar-refractivity contribution >= 4 is 5.96 Å². The van der Waals surface area contributed by atoms with E-state index in [2.05, 4.69) is 73.0 Å². The first-order valence-corrected chi connectivity index (χ1v) is 9.91. The summed E-state index contributed by atoms with van der Waals surface area (Å²) in [6.07, 6.45) is 2.69. The van der Waals surface area contributed by atoms with Gasteiger partial charge in [-0.25, -0.2) is 4.98 Å². The van der Waals surface area contributed by atoms with E-state index in [1.54, 1.807) is 13.3 Å². The van der Waals surface area contributed by atoms with Crippen molar-refractivity contribution in [1.82, 2.24) is 30.7 Å². The molecule has 2 atom stereocenters. The molecule has 1 fully saturated rings. The fourth-order valence-electron chi connectivity index (χ4n) is 3.69. The second kappa shape index (κ2) is 8.91. The molecule has 1 aliphatic heterocycles. The molecule has 8 heteroatoms. The molecule has 8 nitrogen and oxygen atoms in total. The predicted octanol–water partition coefficient (Wildman–Crippen LogP) is 2.39. The number of likely N-dealkylation sites (tertiary alicyclic amines) is 1. The molecule has 1 aromatic carbocycles. The lowest BCUT2D eigenvalue weighted by Crippen LogP contribution is -2.44. The number of rotatable bonds is 6. The molecule has 3 N–H and O–H groups in total. The fourth-order valence-corrected chi connectivity index (χ4v) is 3.69. The van der Waals surface area contributed by atoms with Crippen LogP contribution in [0.3, 0.4) is 0 Å². The van der Waals surface area contributed by atoms with Crippen molar-refractivity contribution in [2.24, 2.45) is 4.99 Å². The van der Waals surface area contributed by atoms with Gasteiger partial charge in [-0.2, -0.15) is 0 Å². The number of aromatic nitrogens is 3. The zero-order valence-corrected chi connectivity index (χ0v) is 16.8. The number of aliphatic imine (C=N–C) groups is 1. The molecule has 0 saturated carbocycles. The molecule has 2 aromatic heterocycles. The average Bonchev–Trinajstić information content (AvgIpc) is 3.48. The maximum atomic E-state index is 5.32. The smallest absolute Gasteiger partial charge is 0.216 e. The standard InChI is InChI=1S/C21H27N7O/c1-15-11-17(14-28(15)13-16-7-4-3-5-8-16)24-21(22-2)23-12-19-25-20(27-26-19)18-9-6-10-29-18/h3-10,15,17H,11-14H2,1-2H3,(H2,22,23,24)(H,25,26,27). The van der Waals surface area contributed by atoms with Gasteiger partial charge in [-0.1, -0.05) is 30.3 Å². The van der Waals surface area contributed by atoms with Gasteiger partial charge in [-0.05, 0) is 31.0 Å². The summed E-state index contributed by atoms with van der Waals surface area (Å²) in [5.41, 5.74) is 1.35. The van der Waals surface area contributed by atoms with Crippen LogP contribution in [0.5, 0.6) is 0 Å². The van der Waals surface area contributed by atoms with Crippen LogP contribution in [0, 0.1) is 0 Å². The van der Waals surface area contributed by atoms with Gasteiger partial charge < -0.3 is 15.1 Å².